The molecule has 0 spiro atoms. The van der Waals surface area contributed by atoms with E-state index in [2.05, 4.69) is 61.5 Å². The molecular weight excluding hydrogens is 408 g/mol. The summed E-state index contributed by atoms with van der Waals surface area (Å²) in [4.78, 5) is 12.5. The molecule has 33 heavy (non-hydrogen) atoms. The molecular formula is C30H28O3. The van der Waals surface area contributed by atoms with Gasteiger partial charge < -0.3 is 9.47 Å². The third kappa shape index (κ3) is 5.89. The van der Waals surface area contributed by atoms with Crippen molar-refractivity contribution in [1.29, 1.82) is 0 Å². The van der Waals surface area contributed by atoms with Crippen molar-refractivity contribution in [3.63, 3.8) is 0 Å². The van der Waals surface area contributed by atoms with E-state index in [0.29, 0.717) is 23.8 Å². The number of benzene rings is 4. The van der Waals surface area contributed by atoms with Crippen LogP contribution in [0.2, 0.25) is 0 Å². The number of carbonyl (C=O) groups excluding carboxylic acids is 1. The lowest BCUT2D eigenvalue weighted by atomic mass is 9.93. The minimum Gasteiger partial charge on any atom is -0.494 e. The van der Waals surface area contributed by atoms with Crippen LogP contribution < -0.4 is 9.47 Å². The van der Waals surface area contributed by atoms with Crippen LogP contribution in [0.15, 0.2) is 103 Å². The number of ether oxygens (including phenoxy) is 2. The summed E-state index contributed by atoms with van der Waals surface area (Å²) in [5.74, 6) is 1.34. The molecule has 4 rings (SSSR count). The van der Waals surface area contributed by atoms with Gasteiger partial charge >= 0.3 is 5.97 Å². The summed E-state index contributed by atoms with van der Waals surface area (Å²) in [6.45, 7) is 4.79. The summed E-state index contributed by atoms with van der Waals surface area (Å²) in [7, 11) is 0. The number of carbonyl (C=O) groups is 1. The molecule has 0 aliphatic carbocycles. The molecule has 3 nitrogen and oxygen atoms in total. The molecule has 1 atom stereocenters. The predicted octanol–water partition coefficient (Wildman–Crippen LogP) is 7.32. The smallest absolute Gasteiger partial charge is 0.343 e. The van der Waals surface area contributed by atoms with Crippen molar-refractivity contribution in [2.75, 3.05) is 6.61 Å². The van der Waals surface area contributed by atoms with Crippen LogP contribution in [0.4, 0.5) is 0 Å². The van der Waals surface area contributed by atoms with Gasteiger partial charge in [0.15, 0.2) is 0 Å². The van der Waals surface area contributed by atoms with E-state index in [1.54, 1.807) is 36.4 Å². The Bertz CT molecular complexity index is 1160. The highest BCUT2D eigenvalue weighted by Crippen LogP contribution is 2.25. The fourth-order valence-electron chi connectivity index (χ4n) is 3.82. The van der Waals surface area contributed by atoms with E-state index >= 15 is 0 Å². The van der Waals surface area contributed by atoms with Gasteiger partial charge in [-0.05, 0) is 77.9 Å². The van der Waals surface area contributed by atoms with Gasteiger partial charge in [0.05, 0.1) is 12.2 Å². The van der Waals surface area contributed by atoms with E-state index in [0.717, 1.165) is 23.3 Å². The quantitative estimate of drug-likeness (QED) is 0.214. The second-order valence-corrected chi connectivity index (χ2v) is 8.08. The van der Waals surface area contributed by atoms with Gasteiger partial charge in [0, 0.05) is 0 Å². The van der Waals surface area contributed by atoms with E-state index in [4.69, 9.17) is 9.47 Å². The molecule has 0 aliphatic heterocycles. The van der Waals surface area contributed by atoms with Crippen molar-refractivity contribution in [3.05, 3.63) is 120 Å². The molecule has 0 heterocycles. The molecule has 166 valence electrons. The standard InChI is InChI=1S/C30H28O3/c1-3-32-28-17-19-29(20-18-28)33-30(31)27-15-13-26(14-16-27)25-11-9-23(10-12-25)21-22(2)24-7-5-4-6-8-24/h4-20,22H,3,21H2,1-2H3/t22-/m0/s1. The summed E-state index contributed by atoms with van der Waals surface area (Å²) in [6, 6.07) is 33.8. The Labute approximate surface area is 195 Å². The van der Waals surface area contributed by atoms with Crippen molar-refractivity contribution >= 4 is 5.97 Å². The molecule has 0 aromatic heterocycles. The van der Waals surface area contributed by atoms with E-state index in [-0.39, 0.29) is 5.97 Å². The topological polar surface area (TPSA) is 35.5 Å². The summed E-state index contributed by atoms with van der Waals surface area (Å²) in [5.41, 5.74) is 5.37. The molecule has 0 aliphatic rings. The lowest BCUT2D eigenvalue weighted by Gasteiger charge is -2.12. The molecule has 0 fully saturated rings. The molecule has 0 radical (unpaired) electrons. The Morgan fingerprint density at radius 3 is 1.91 bits per heavy atom. The SMILES string of the molecule is CCOc1ccc(OC(=O)c2ccc(-c3ccc(C[C@H](C)c4ccccc4)cc3)cc2)cc1. The van der Waals surface area contributed by atoms with Gasteiger partial charge in [0.2, 0.25) is 0 Å². The molecule has 0 bridgehead atoms. The molecule has 4 aromatic carbocycles. The molecule has 4 aromatic rings. The normalized spacial score (nSPS) is 11.6. The van der Waals surface area contributed by atoms with E-state index in [9.17, 15) is 4.79 Å². The summed E-state index contributed by atoms with van der Waals surface area (Å²) in [5, 5.41) is 0. The fourth-order valence-corrected chi connectivity index (χ4v) is 3.82. The van der Waals surface area contributed by atoms with Gasteiger partial charge in [-0.2, -0.15) is 0 Å². The number of hydrogen-bond donors (Lipinski definition) is 0. The van der Waals surface area contributed by atoms with Gasteiger partial charge in [0.1, 0.15) is 11.5 Å². The lowest BCUT2D eigenvalue weighted by molar-refractivity contribution is 0.0734. The van der Waals surface area contributed by atoms with Gasteiger partial charge in [-0.15, -0.1) is 0 Å². The first-order valence-electron chi connectivity index (χ1n) is 11.3. The highest BCUT2D eigenvalue weighted by Gasteiger charge is 2.10. The van der Waals surface area contributed by atoms with Crippen LogP contribution in [0, 0.1) is 0 Å². The number of rotatable bonds is 8. The molecule has 0 saturated carbocycles. The minimum absolute atomic E-state index is 0.379. The molecule has 0 amide bonds. The van der Waals surface area contributed by atoms with Gasteiger partial charge in [-0.25, -0.2) is 4.79 Å². The van der Waals surface area contributed by atoms with Crippen molar-refractivity contribution in [1.82, 2.24) is 0 Å². The predicted molar refractivity (Wildman–Crippen MR) is 133 cm³/mol. The first-order chi connectivity index (χ1) is 16.1. The Balaban J connectivity index is 1.37. The maximum Gasteiger partial charge on any atom is 0.343 e. The van der Waals surface area contributed by atoms with Crippen LogP contribution in [0.3, 0.4) is 0 Å². The Morgan fingerprint density at radius 1 is 0.727 bits per heavy atom. The van der Waals surface area contributed by atoms with Crippen LogP contribution in [-0.4, -0.2) is 12.6 Å². The van der Waals surface area contributed by atoms with Crippen molar-refractivity contribution in [2.45, 2.75) is 26.2 Å². The second kappa shape index (κ2) is 10.6. The number of esters is 1. The Morgan fingerprint density at radius 2 is 1.30 bits per heavy atom. The average Bonchev–Trinajstić information content (AvgIpc) is 2.86. The molecule has 3 heteroatoms. The van der Waals surface area contributed by atoms with Gasteiger partial charge in [-0.1, -0.05) is 73.7 Å². The molecule has 0 saturated heterocycles. The summed E-state index contributed by atoms with van der Waals surface area (Å²) in [6.07, 6.45) is 1.00. The zero-order chi connectivity index (χ0) is 23.0. The van der Waals surface area contributed by atoms with Crippen molar-refractivity contribution < 1.29 is 14.3 Å². The van der Waals surface area contributed by atoms with Crippen molar-refractivity contribution in [3.8, 4) is 22.6 Å². The second-order valence-electron chi connectivity index (χ2n) is 8.08. The third-order valence-corrected chi connectivity index (χ3v) is 5.66. The lowest BCUT2D eigenvalue weighted by Crippen LogP contribution is -2.08. The molecule has 0 unspecified atom stereocenters. The summed E-state index contributed by atoms with van der Waals surface area (Å²) < 4.78 is 10.9. The van der Waals surface area contributed by atoms with E-state index in [1.807, 2.05) is 19.1 Å². The summed E-state index contributed by atoms with van der Waals surface area (Å²) >= 11 is 0. The monoisotopic (exact) mass is 436 g/mol. The van der Waals surface area contributed by atoms with E-state index < -0.39 is 0 Å². The Kier molecular flexibility index (Phi) is 7.21. The third-order valence-electron chi connectivity index (χ3n) is 5.66. The first kappa shape index (κ1) is 22.3. The highest BCUT2D eigenvalue weighted by molar-refractivity contribution is 5.91. The highest BCUT2D eigenvalue weighted by atomic mass is 16.5. The zero-order valence-corrected chi connectivity index (χ0v) is 19.0. The van der Waals surface area contributed by atoms with Crippen molar-refractivity contribution in [2.24, 2.45) is 0 Å². The van der Waals surface area contributed by atoms with Gasteiger partial charge in [0.25, 0.3) is 0 Å². The molecule has 0 N–H and O–H groups in total. The van der Waals surface area contributed by atoms with Crippen LogP contribution in [0.1, 0.15) is 41.3 Å². The van der Waals surface area contributed by atoms with Crippen LogP contribution >= 0.6 is 0 Å². The van der Waals surface area contributed by atoms with E-state index in [1.165, 1.54) is 11.1 Å². The first-order valence-corrected chi connectivity index (χ1v) is 11.3. The maximum atomic E-state index is 12.5. The Hall–Kier alpha value is -3.85. The maximum absolute atomic E-state index is 12.5. The van der Waals surface area contributed by atoms with Crippen LogP contribution in [0.5, 0.6) is 11.5 Å². The van der Waals surface area contributed by atoms with Gasteiger partial charge in [-0.3, -0.25) is 0 Å². The average molecular weight is 437 g/mol. The minimum atomic E-state index is -0.379. The van der Waals surface area contributed by atoms with Crippen LogP contribution in [0.25, 0.3) is 11.1 Å². The fraction of sp³-hybridized carbons (Fsp3) is 0.167. The number of hydrogen-bond acceptors (Lipinski definition) is 3. The largest absolute Gasteiger partial charge is 0.494 e. The zero-order valence-electron chi connectivity index (χ0n) is 19.0. The van der Waals surface area contributed by atoms with Crippen LogP contribution in [-0.2, 0) is 6.42 Å².